The van der Waals surface area contributed by atoms with Crippen LogP contribution in [0, 0.1) is 0 Å². The Hall–Kier alpha value is -2.35. The van der Waals surface area contributed by atoms with Gasteiger partial charge in [-0.1, -0.05) is 54.6 Å². The Kier molecular flexibility index (Phi) is 3.64. The second-order valence-electron chi connectivity index (χ2n) is 5.04. The van der Waals surface area contributed by atoms with Crippen molar-refractivity contribution in [2.75, 3.05) is 0 Å². The van der Waals surface area contributed by atoms with E-state index in [-0.39, 0.29) is 11.9 Å². The maximum absolute atomic E-state index is 12.0. The van der Waals surface area contributed by atoms with Crippen molar-refractivity contribution >= 4 is 12.0 Å². The molecular weight excluding hydrogens is 246 g/mol. The first-order chi connectivity index (χ1) is 9.83. The Bertz CT molecular complexity index is 631. The monoisotopic (exact) mass is 263 g/mol. The van der Waals surface area contributed by atoms with E-state index in [1.165, 1.54) is 11.1 Å². The molecule has 2 aromatic carbocycles. The van der Waals surface area contributed by atoms with E-state index in [2.05, 4.69) is 23.5 Å². The highest BCUT2D eigenvalue weighted by molar-refractivity contribution is 5.92. The van der Waals surface area contributed by atoms with E-state index < -0.39 is 0 Å². The van der Waals surface area contributed by atoms with Gasteiger partial charge in [-0.05, 0) is 35.6 Å². The van der Waals surface area contributed by atoms with Crippen molar-refractivity contribution in [1.29, 1.82) is 0 Å². The lowest BCUT2D eigenvalue weighted by atomic mass is 10.1. The number of rotatable bonds is 3. The van der Waals surface area contributed by atoms with Crippen LogP contribution >= 0.6 is 0 Å². The minimum atomic E-state index is -0.0319. The Labute approximate surface area is 119 Å². The van der Waals surface area contributed by atoms with Gasteiger partial charge in [0.05, 0.1) is 6.04 Å². The van der Waals surface area contributed by atoms with E-state index in [1.54, 1.807) is 6.08 Å². The van der Waals surface area contributed by atoms with Crippen LogP contribution in [0.2, 0.25) is 0 Å². The van der Waals surface area contributed by atoms with Gasteiger partial charge in [-0.25, -0.2) is 0 Å². The zero-order chi connectivity index (χ0) is 13.8. The molecule has 0 fully saturated rings. The molecule has 0 radical (unpaired) electrons. The van der Waals surface area contributed by atoms with Crippen LogP contribution in [0.3, 0.4) is 0 Å². The average Bonchev–Trinajstić information content (AvgIpc) is 2.90. The zero-order valence-corrected chi connectivity index (χ0v) is 11.3. The lowest BCUT2D eigenvalue weighted by Crippen LogP contribution is -2.25. The minimum Gasteiger partial charge on any atom is -0.346 e. The second-order valence-corrected chi connectivity index (χ2v) is 5.04. The summed E-state index contributed by atoms with van der Waals surface area (Å²) in [7, 11) is 0. The third-order valence-electron chi connectivity index (χ3n) is 3.68. The molecule has 0 aromatic heterocycles. The molecule has 2 aromatic rings. The number of nitrogens with one attached hydrogen (secondary N) is 1. The lowest BCUT2D eigenvalue weighted by molar-refractivity contribution is -0.117. The van der Waals surface area contributed by atoms with Crippen molar-refractivity contribution in [2.45, 2.75) is 18.9 Å². The van der Waals surface area contributed by atoms with Crippen LogP contribution in [-0.4, -0.2) is 5.91 Å². The first-order valence-electron chi connectivity index (χ1n) is 6.94. The van der Waals surface area contributed by atoms with Crippen molar-refractivity contribution in [2.24, 2.45) is 0 Å². The highest BCUT2D eigenvalue weighted by atomic mass is 16.1. The van der Waals surface area contributed by atoms with Crippen molar-refractivity contribution < 1.29 is 4.79 Å². The Morgan fingerprint density at radius 3 is 2.65 bits per heavy atom. The number of fused-ring (bicyclic) bond motifs is 1. The van der Waals surface area contributed by atoms with Crippen LogP contribution in [0.5, 0.6) is 0 Å². The summed E-state index contributed by atoms with van der Waals surface area (Å²) in [6.45, 7) is 0. The number of aryl methyl sites for hydroxylation is 1. The Morgan fingerprint density at radius 1 is 1.05 bits per heavy atom. The molecule has 100 valence electrons. The predicted octanol–water partition coefficient (Wildman–Crippen LogP) is 3.50. The van der Waals surface area contributed by atoms with Gasteiger partial charge in [0, 0.05) is 6.08 Å². The molecule has 0 saturated carbocycles. The van der Waals surface area contributed by atoms with Crippen molar-refractivity contribution in [3.63, 3.8) is 0 Å². The van der Waals surface area contributed by atoms with Crippen LogP contribution in [0.15, 0.2) is 60.7 Å². The normalized spacial score (nSPS) is 17.1. The highest BCUT2D eigenvalue weighted by Crippen LogP contribution is 2.30. The van der Waals surface area contributed by atoms with E-state index in [4.69, 9.17) is 0 Å². The third-order valence-corrected chi connectivity index (χ3v) is 3.68. The summed E-state index contributed by atoms with van der Waals surface area (Å²) in [6, 6.07) is 18.3. The van der Waals surface area contributed by atoms with Gasteiger partial charge >= 0.3 is 0 Å². The van der Waals surface area contributed by atoms with Crippen LogP contribution in [0.4, 0.5) is 0 Å². The molecule has 1 unspecified atom stereocenters. The van der Waals surface area contributed by atoms with Crippen molar-refractivity contribution in [3.05, 3.63) is 77.4 Å². The number of carbonyl (C=O) groups is 1. The number of amides is 1. The summed E-state index contributed by atoms with van der Waals surface area (Å²) in [5.74, 6) is -0.0319. The van der Waals surface area contributed by atoms with Gasteiger partial charge in [-0.2, -0.15) is 0 Å². The van der Waals surface area contributed by atoms with Gasteiger partial charge in [0.2, 0.25) is 5.91 Å². The molecule has 1 amide bonds. The maximum Gasteiger partial charge on any atom is 0.244 e. The standard InChI is InChI=1S/C18H17NO/c20-18(13-10-14-6-2-1-3-7-14)19-17-12-11-15-8-4-5-9-16(15)17/h1-10,13,17H,11-12H2,(H,19,20)/b13-10+. The van der Waals surface area contributed by atoms with Gasteiger partial charge in [-0.3, -0.25) is 4.79 Å². The van der Waals surface area contributed by atoms with Gasteiger partial charge in [-0.15, -0.1) is 0 Å². The molecule has 3 rings (SSSR count). The van der Waals surface area contributed by atoms with Crippen LogP contribution in [0.25, 0.3) is 6.08 Å². The van der Waals surface area contributed by atoms with E-state index in [9.17, 15) is 4.79 Å². The van der Waals surface area contributed by atoms with Crippen LogP contribution < -0.4 is 5.32 Å². The zero-order valence-electron chi connectivity index (χ0n) is 11.3. The molecule has 0 heterocycles. The molecule has 1 N–H and O–H groups in total. The van der Waals surface area contributed by atoms with E-state index >= 15 is 0 Å². The fourth-order valence-corrected chi connectivity index (χ4v) is 2.66. The first kappa shape index (κ1) is 12.7. The number of benzene rings is 2. The van der Waals surface area contributed by atoms with Gasteiger partial charge in [0.15, 0.2) is 0 Å². The molecular formula is C18H17NO. The molecule has 1 aliphatic rings. The molecule has 0 spiro atoms. The lowest BCUT2D eigenvalue weighted by Gasteiger charge is -2.12. The molecule has 1 atom stereocenters. The molecule has 0 bridgehead atoms. The quantitative estimate of drug-likeness (QED) is 0.844. The first-order valence-corrected chi connectivity index (χ1v) is 6.94. The smallest absolute Gasteiger partial charge is 0.244 e. The summed E-state index contributed by atoms with van der Waals surface area (Å²) in [5.41, 5.74) is 3.65. The molecule has 0 aliphatic heterocycles. The number of hydrogen-bond donors (Lipinski definition) is 1. The predicted molar refractivity (Wildman–Crippen MR) is 81.1 cm³/mol. The van der Waals surface area contributed by atoms with Crippen LogP contribution in [0.1, 0.15) is 29.2 Å². The fourth-order valence-electron chi connectivity index (χ4n) is 2.66. The largest absolute Gasteiger partial charge is 0.346 e. The second kappa shape index (κ2) is 5.74. The summed E-state index contributed by atoms with van der Waals surface area (Å²) < 4.78 is 0. The van der Waals surface area contributed by atoms with Crippen molar-refractivity contribution in [3.8, 4) is 0 Å². The fraction of sp³-hybridized carbons (Fsp3) is 0.167. The Balaban J connectivity index is 1.65. The van der Waals surface area contributed by atoms with Gasteiger partial charge in [0.1, 0.15) is 0 Å². The summed E-state index contributed by atoms with van der Waals surface area (Å²) >= 11 is 0. The van der Waals surface area contributed by atoms with Gasteiger partial charge < -0.3 is 5.32 Å². The van der Waals surface area contributed by atoms with Gasteiger partial charge in [0.25, 0.3) is 0 Å². The molecule has 0 saturated heterocycles. The van der Waals surface area contributed by atoms with E-state index in [0.717, 1.165) is 18.4 Å². The Morgan fingerprint density at radius 2 is 1.80 bits per heavy atom. The average molecular weight is 263 g/mol. The third kappa shape index (κ3) is 2.80. The minimum absolute atomic E-state index is 0.0319. The maximum atomic E-state index is 12.0. The van der Waals surface area contributed by atoms with Crippen molar-refractivity contribution in [1.82, 2.24) is 5.32 Å². The molecule has 2 nitrogen and oxygen atoms in total. The van der Waals surface area contributed by atoms with E-state index in [0.29, 0.717) is 0 Å². The summed E-state index contributed by atoms with van der Waals surface area (Å²) in [5, 5.41) is 3.08. The summed E-state index contributed by atoms with van der Waals surface area (Å²) in [4.78, 5) is 12.0. The summed E-state index contributed by atoms with van der Waals surface area (Å²) in [6.07, 6.45) is 5.49. The topological polar surface area (TPSA) is 29.1 Å². The molecule has 1 aliphatic carbocycles. The highest BCUT2D eigenvalue weighted by Gasteiger charge is 2.22. The molecule has 2 heteroatoms. The van der Waals surface area contributed by atoms with Crippen LogP contribution in [-0.2, 0) is 11.2 Å². The number of hydrogen-bond acceptors (Lipinski definition) is 1. The molecule has 20 heavy (non-hydrogen) atoms. The number of carbonyl (C=O) groups excluding carboxylic acids is 1. The van der Waals surface area contributed by atoms with E-state index in [1.807, 2.05) is 42.5 Å². The SMILES string of the molecule is O=C(/C=C/c1ccccc1)NC1CCc2ccccc21.